The fourth-order valence-electron chi connectivity index (χ4n) is 2.60. The maximum absolute atomic E-state index is 12.5. The Labute approximate surface area is 170 Å². The van der Waals surface area contributed by atoms with Gasteiger partial charge in [-0.15, -0.1) is 5.10 Å². The summed E-state index contributed by atoms with van der Waals surface area (Å²) in [7, 11) is 0. The van der Waals surface area contributed by atoms with Gasteiger partial charge in [-0.25, -0.2) is 4.68 Å². The molecule has 3 aromatic rings. The summed E-state index contributed by atoms with van der Waals surface area (Å²) in [5, 5.41) is 13.1. The van der Waals surface area contributed by atoms with Gasteiger partial charge in [-0.1, -0.05) is 38.8 Å². The maximum atomic E-state index is 12.5. The van der Waals surface area contributed by atoms with Gasteiger partial charge < -0.3 is 16.4 Å². The first kappa shape index (κ1) is 19.6. The van der Waals surface area contributed by atoms with Gasteiger partial charge in [0.15, 0.2) is 11.5 Å². The molecule has 0 radical (unpaired) electrons. The summed E-state index contributed by atoms with van der Waals surface area (Å²) < 4.78 is 2.09. The Morgan fingerprint density at radius 2 is 1.82 bits per heavy atom. The molecular weight excluding hydrogens is 424 g/mol. The van der Waals surface area contributed by atoms with Crippen molar-refractivity contribution >= 4 is 44.9 Å². The van der Waals surface area contributed by atoms with Crippen molar-refractivity contribution in [2.75, 3.05) is 16.4 Å². The average Bonchev–Trinajstić information content (AvgIpc) is 3.00. The summed E-state index contributed by atoms with van der Waals surface area (Å²) in [4.78, 5) is 24.7. The first-order valence-electron chi connectivity index (χ1n) is 8.46. The summed E-state index contributed by atoms with van der Waals surface area (Å²) >= 11 is 3.33. The van der Waals surface area contributed by atoms with Crippen LogP contribution >= 0.6 is 15.9 Å². The lowest BCUT2D eigenvalue weighted by molar-refractivity contribution is -0.116. The van der Waals surface area contributed by atoms with Crippen molar-refractivity contribution in [2.45, 2.75) is 20.4 Å². The van der Waals surface area contributed by atoms with Gasteiger partial charge >= 0.3 is 0 Å². The van der Waals surface area contributed by atoms with E-state index in [-0.39, 0.29) is 24.0 Å². The van der Waals surface area contributed by atoms with Crippen LogP contribution in [-0.4, -0.2) is 26.8 Å². The molecular formula is C19H19BrN6O2. The molecule has 8 nitrogen and oxygen atoms in total. The molecule has 0 unspecified atom stereocenters. The molecule has 2 aromatic carbocycles. The normalized spacial score (nSPS) is 10.5. The van der Waals surface area contributed by atoms with Gasteiger partial charge in [0.25, 0.3) is 5.91 Å². The number of nitrogens with two attached hydrogens (primary N) is 1. The molecule has 1 heterocycles. The lowest BCUT2D eigenvalue weighted by atomic mass is 10.1. The fraction of sp³-hybridized carbons (Fsp3) is 0.158. The molecule has 28 heavy (non-hydrogen) atoms. The molecule has 0 atom stereocenters. The van der Waals surface area contributed by atoms with E-state index in [1.165, 1.54) is 4.68 Å². The molecule has 0 aliphatic carbocycles. The SMILES string of the molecule is Cc1ccc(NC(=O)c2nnn(CC(=O)Nc3ccc(Br)cc3)c2N)c(C)c1. The van der Waals surface area contributed by atoms with Gasteiger partial charge in [0.05, 0.1) is 0 Å². The molecule has 0 spiro atoms. The van der Waals surface area contributed by atoms with Crippen molar-refractivity contribution in [2.24, 2.45) is 0 Å². The maximum Gasteiger partial charge on any atom is 0.280 e. The van der Waals surface area contributed by atoms with Crippen LogP contribution in [0.1, 0.15) is 21.6 Å². The smallest absolute Gasteiger partial charge is 0.280 e. The number of hydrogen-bond acceptors (Lipinski definition) is 5. The number of aromatic nitrogens is 3. The van der Waals surface area contributed by atoms with E-state index in [9.17, 15) is 9.59 Å². The minimum absolute atomic E-state index is 0.0215. The van der Waals surface area contributed by atoms with Gasteiger partial charge in [0, 0.05) is 15.8 Å². The third-order valence-electron chi connectivity index (χ3n) is 4.04. The number of rotatable bonds is 5. The highest BCUT2D eigenvalue weighted by molar-refractivity contribution is 9.10. The molecule has 0 aliphatic heterocycles. The van der Waals surface area contributed by atoms with E-state index < -0.39 is 5.91 Å². The van der Waals surface area contributed by atoms with E-state index in [2.05, 4.69) is 36.9 Å². The van der Waals surface area contributed by atoms with E-state index in [4.69, 9.17) is 5.73 Å². The summed E-state index contributed by atoms with van der Waals surface area (Å²) in [5.41, 5.74) is 9.26. The fourth-order valence-corrected chi connectivity index (χ4v) is 2.87. The van der Waals surface area contributed by atoms with E-state index in [0.717, 1.165) is 15.6 Å². The van der Waals surface area contributed by atoms with Crippen LogP contribution in [0.25, 0.3) is 0 Å². The number of nitrogen functional groups attached to an aromatic ring is 1. The van der Waals surface area contributed by atoms with Crippen LogP contribution in [0.4, 0.5) is 17.2 Å². The third-order valence-corrected chi connectivity index (χ3v) is 4.57. The Morgan fingerprint density at radius 3 is 2.50 bits per heavy atom. The van der Waals surface area contributed by atoms with Gasteiger partial charge in [-0.05, 0) is 49.7 Å². The molecule has 0 saturated carbocycles. The molecule has 9 heteroatoms. The van der Waals surface area contributed by atoms with Gasteiger partial charge in [-0.2, -0.15) is 0 Å². The van der Waals surface area contributed by atoms with Crippen molar-refractivity contribution in [3.63, 3.8) is 0 Å². The summed E-state index contributed by atoms with van der Waals surface area (Å²) in [5.74, 6) is -0.794. The number of hydrogen-bond donors (Lipinski definition) is 3. The molecule has 144 valence electrons. The van der Waals surface area contributed by atoms with Crippen molar-refractivity contribution in [3.05, 3.63) is 63.8 Å². The van der Waals surface area contributed by atoms with Gasteiger partial charge in [0.1, 0.15) is 6.54 Å². The summed E-state index contributed by atoms with van der Waals surface area (Å²) in [6.07, 6.45) is 0. The standard InChI is InChI=1S/C19H19BrN6O2/c1-11-3-8-15(12(2)9-11)23-19(28)17-18(21)26(25-24-17)10-16(27)22-14-6-4-13(20)5-7-14/h3-9H,10,21H2,1-2H3,(H,22,27)(H,23,28). The zero-order chi connectivity index (χ0) is 20.3. The van der Waals surface area contributed by atoms with Crippen LogP contribution in [0.3, 0.4) is 0 Å². The van der Waals surface area contributed by atoms with Crippen LogP contribution in [0.15, 0.2) is 46.9 Å². The van der Waals surface area contributed by atoms with Crippen molar-refractivity contribution in [1.29, 1.82) is 0 Å². The molecule has 0 bridgehead atoms. The minimum atomic E-state index is -0.482. The number of anilines is 3. The number of amides is 2. The second-order valence-corrected chi connectivity index (χ2v) is 7.22. The first-order valence-corrected chi connectivity index (χ1v) is 9.26. The van der Waals surface area contributed by atoms with Crippen LogP contribution in [0.2, 0.25) is 0 Å². The molecule has 0 saturated heterocycles. The number of carbonyl (C=O) groups excluding carboxylic acids is 2. The Morgan fingerprint density at radius 1 is 1.11 bits per heavy atom. The van der Waals surface area contributed by atoms with Crippen LogP contribution in [0.5, 0.6) is 0 Å². The zero-order valence-electron chi connectivity index (χ0n) is 15.4. The molecule has 4 N–H and O–H groups in total. The van der Waals surface area contributed by atoms with E-state index >= 15 is 0 Å². The second kappa shape index (κ2) is 8.22. The van der Waals surface area contributed by atoms with E-state index in [1.54, 1.807) is 12.1 Å². The quantitative estimate of drug-likeness (QED) is 0.561. The average molecular weight is 443 g/mol. The molecule has 1 aromatic heterocycles. The lowest BCUT2D eigenvalue weighted by Crippen LogP contribution is -2.21. The summed E-state index contributed by atoms with van der Waals surface area (Å²) in [6.45, 7) is 3.71. The van der Waals surface area contributed by atoms with E-state index in [0.29, 0.717) is 11.4 Å². The molecule has 0 aliphatic rings. The van der Waals surface area contributed by atoms with Gasteiger partial charge in [-0.3, -0.25) is 9.59 Å². The molecule has 0 fully saturated rings. The Hall–Kier alpha value is -3.20. The topological polar surface area (TPSA) is 115 Å². The first-order chi connectivity index (χ1) is 13.3. The Balaban J connectivity index is 1.68. The van der Waals surface area contributed by atoms with Crippen LogP contribution in [-0.2, 0) is 11.3 Å². The lowest BCUT2D eigenvalue weighted by Gasteiger charge is -2.08. The number of carbonyl (C=O) groups is 2. The number of nitrogens with one attached hydrogen (secondary N) is 2. The van der Waals surface area contributed by atoms with Crippen LogP contribution in [0, 0.1) is 13.8 Å². The van der Waals surface area contributed by atoms with Crippen molar-refractivity contribution in [1.82, 2.24) is 15.0 Å². The highest BCUT2D eigenvalue weighted by Gasteiger charge is 2.19. The molecule has 2 amide bonds. The predicted octanol–water partition coefficient (Wildman–Crippen LogP) is 3.13. The number of nitrogens with zero attached hydrogens (tertiary/aromatic N) is 3. The monoisotopic (exact) mass is 442 g/mol. The Bertz CT molecular complexity index is 1030. The van der Waals surface area contributed by atoms with Gasteiger partial charge in [0.2, 0.25) is 5.91 Å². The Kier molecular flexibility index (Phi) is 5.74. The van der Waals surface area contributed by atoms with Crippen molar-refractivity contribution < 1.29 is 9.59 Å². The predicted molar refractivity (Wildman–Crippen MR) is 111 cm³/mol. The largest absolute Gasteiger partial charge is 0.382 e. The highest BCUT2D eigenvalue weighted by atomic mass is 79.9. The number of aryl methyl sites for hydroxylation is 2. The molecule has 3 rings (SSSR count). The second-order valence-electron chi connectivity index (χ2n) is 6.31. The number of benzene rings is 2. The third kappa shape index (κ3) is 4.55. The number of halogens is 1. The zero-order valence-corrected chi connectivity index (χ0v) is 16.9. The van der Waals surface area contributed by atoms with Crippen LogP contribution < -0.4 is 16.4 Å². The minimum Gasteiger partial charge on any atom is -0.382 e. The van der Waals surface area contributed by atoms with E-state index in [1.807, 2.05) is 44.2 Å². The summed E-state index contributed by atoms with van der Waals surface area (Å²) in [6, 6.07) is 12.8. The highest BCUT2D eigenvalue weighted by Crippen LogP contribution is 2.18. The van der Waals surface area contributed by atoms with Crippen molar-refractivity contribution in [3.8, 4) is 0 Å².